The van der Waals surface area contributed by atoms with Gasteiger partial charge >= 0.3 is 0 Å². The molecule has 0 N–H and O–H groups in total. The summed E-state index contributed by atoms with van der Waals surface area (Å²) in [5, 5.41) is 0. The molecule has 0 radical (unpaired) electrons. The molecule has 2 amide bonds. The molecule has 2 aliphatic rings. The van der Waals surface area contributed by atoms with Crippen molar-refractivity contribution in [3.05, 3.63) is 76.2 Å². The molecule has 4 rings (SSSR count). The Morgan fingerprint density at radius 3 is 2.32 bits per heavy atom. The number of amides is 2. The number of carbonyl (C=O) groups is 2. The van der Waals surface area contributed by atoms with Gasteiger partial charge in [-0.05, 0) is 24.5 Å². The van der Waals surface area contributed by atoms with E-state index in [2.05, 4.69) is 4.90 Å². The average Bonchev–Trinajstić information content (AvgIpc) is 3.04. The molecular weight excluding hydrogens is 408 g/mol. The van der Waals surface area contributed by atoms with Gasteiger partial charge in [0.15, 0.2) is 0 Å². The Labute approximate surface area is 188 Å². The van der Waals surface area contributed by atoms with Crippen LogP contribution in [0.15, 0.2) is 59.5 Å². The van der Waals surface area contributed by atoms with Crippen molar-refractivity contribution < 1.29 is 14.3 Å². The van der Waals surface area contributed by atoms with Gasteiger partial charge in [0.1, 0.15) is 0 Å². The summed E-state index contributed by atoms with van der Waals surface area (Å²) >= 11 is 1.46. The Morgan fingerprint density at radius 2 is 1.61 bits per heavy atom. The zero-order valence-corrected chi connectivity index (χ0v) is 18.7. The van der Waals surface area contributed by atoms with Gasteiger partial charge in [-0.2, -0.15) is 0 Å². The van der Waals surface area contributed by atoms with Gasteiger partial charge in [0, 0.05) is 31.9 Å². The molecule has 0 saturated carbocycles. The number of hydrogen-bond acceptors (Lipinski definition) is 5. The first-order valence-corrected chi connectivity index (χ1v) is 11.8. The summed E-state index contributed by atoms with van der Waals surface area (Å²) in [4.78, 5) is 30.9. The predicted molar refractivity (Wildman–Crippen MR) is 124 cm³/mol. The lowest BCUT2D eigenvalue weighted by molar-refractivity contribution is -0.136. The topological polar surface area (TPSA) is 49.9 Å². The minimum Gasteiger partial charge on any atom is -0.379 e. The van der Waals surface area contributed by atoms with Gasteiger partial charge in [0.05, 0.1) is 23.7 Å². The fourth-order valence-corrected chi connectivity index (χ4v) is 4.96. The van der Waals surface area contributed by atoms with Gasteiger partial charge < -0.3 is 4.74 Å². The number of hydrogen-bond donors (Lipinski definition) is 0. The predicted octanol–water partition coefficient (Wildman–Crippen LogP) is 3.73. The summed E-state index contributed by atoms with van der Waals surface area (Å²) in [6, 6.07) is 17.9. The highest BCUT2D eigenvalue weighted by molar-refractivity contribution is 8.03. The maximum Gasteiger partial charge on any atom is 0.267 e. The number of carbonyl (C=O) groups excluding carboxylic acids is 2. The fourth-order valence-electron chi connectivity index (χ4n) is 3.87. The number of benzene rings is 2. The van der Waals surface area contributed by atoms with Crippen molar-refractivity contribution >= 4 is 29.1 Å². The summed E-state index contributed by atoms with van der Waals surface area (Å²) in [6.45, 7) is 6.65. The molecule has 2 heterocycles. The van der Waals surface area contributed by atoms with Crippen molar-refractivity contribution in [2.24, 2.45) is 0 Å². The van der Waals surface area contributed by atoms with E-state index in [4.69, 9.17) is 4.74 Å². The van der Waals surface area contributed by atoms with Crippen LogP contribution in [0.5, 0.6) is 0 Å². The van der Waals surface area contributed by atoms with Crippen molar-refractivity contribution in [3.8, 4) is 0 Å². The van der Waals surface area contributed by atoms with Gasteiger partial charge in [0.25, 0.3) is 11.8 Å². The van der Waals surface area contributed by atoms with Crippen LogP contribution >= 0.6 is 11.8 Å². The number of aryl methyl sites for hydroxylation is 1. The first-order chi connectivity index (χ1) is 15.1. The smallest absolute Gasteiger partial charge is 0.267 e. The van der Waals surface area contributed by atoms with E-state index in [0.29, 0.717) is 22.8 Å². The largest absolute Gasteiger partial charge is 0.379 e. The van der Waals surface area contributed by atoms with E-state index in [1.54, 1.807) is 0 Å². The highest BCUT2D eigenvalue weighted by Crippen LogP contribution is 2.37. The fraction of sp³-hybridized carbons (Fsp3) is 0.360. The van der Waals surface area contributed by atoms with Crippen LogP contribution in [-0.2, 0) is 20.1 Å². The van der Waals surface area contributed by atoms with Crippen molar-refractivity contribution in [1.29, 1.82) is 0 Å². The first kappa shape index (κ1) is 21.8. The second-order valence-corrected chi connectivity index (χ2v) is 8.90. The van der Waals surface area contributed by atoms with E-state index in [9.17, 15) is 9.59 Å². The molecule has 5 nitrogen and oxygen atoms in total. The maximum atomic E-state index is 13.3. The van der Waals surface area contributed by atoms with Crippen molar-refractivity contribution in [1.82, 2.24) is 9.80 Å². The lowest BCUT2D eigenvalue weighted by atomic mass is 10.0. The maximum absolute atomic E-state index is 13.3. The molecule has 0 unspecified atom stereocenters. The zero-order chi connectivity index (χ0) is 21.6. The number of thioether (sulfide) groups is 1. The molecule has 6 heteroatoms. The van der Waals surface area contributed by atoms with Crippen LogP contribution in [0.25, 0.3) is 5.57 Å². The molecule has 162 valence electrons. The Morgan fingerprint density at radius 1 is 0.903 bits per heavy atom. The second kappa shape index (κ2) is 10.3. The van der Waals surface area contributed by atoms with Crippen LogP contribution in [0.4, 0.5) is 0 Å². The molecule has 0 spiro atoms. The molecular formula is C25H28N2O3S. The number of rotatable bonds is 8. The SMILES string of the molecule is Cc1ccc(C2=C(SCc3ccccc3)C(=O)N(CCCN3CCOCC3)C2=O)cc1. The lowest BCUT2D eigenvalue weighted by Crippen LogP contribution is -2.39. The van der Waals surface area contributed by atoms with E-state index < -0.39 is 0 Å². The normalized spacial score (nSPS) is 17.6. The minimum atomic E-state index is -0.175. The molecule has 2 aromatic carbocycles. The molecule has 2 aliphatic heterocycles. The van der Waals surface area contributed by atoms with E-state index >= 15 is 0 Å². The molecule has 0 aromatic heterocycles. The number of nitrogens with zero attached hydrogens (tertiary/aromatic N) is 2. The lowest BCUT2D eigenvalue weighted by Gasteiger charge is -2.27. The summed E-state index contributed by atoms with van der Waals surface area (Å²) in [7, 11) is 0. The third kappa shape index (κ3) is 5.26. The Hall–Kier alpha value is -2.41. The van der Waals surface area contributed by atoms with E-state index in [1.807, 2.05) is 61.5 Å². The van der Waals surface area contributed by atoms with E-state index in [0.717, 1.165) is 56.0 Å². The zero-order valence-electron chi connectivity index (χ0n) is 17.9. The van der Waals surface area contributed by atoms with Crippen LogP contribution in [0.3, 0.4) is 0 Å². The Kier molecular flexibility index (Phi) is 7.22. The van der Waals surface area contributed by atoms with E-state index in [1.165, 1.54) is 16.7 Å². The second-order valence-electron chi connectivity index (χ2n) is 7.91. The monoisotopic (exact) mass is 436 g/mol. The first-order valence-electron chi connectivity index (χ1n) is 10.8. The van der Waals surface area contributed by atoms with Crippen molar-refractivity contribution in [3.63, 3.8) is 0 Å². The van der Waals surface area contributed by atoms with Crippen molar-refractivity contribution in [2.45, 2.75) is 19.1 Å². The van der Waals surface area contributed by atoms with Crippen LogP contribution < -0.4 is 0 Å². The number of morpholine rings is 1. The number of imide groups is 1. The van der Waals surface area contributed by atoms with Crippen LogP contribution in [0, 0.1) is 6.92 Å². The van der Waals surface area contributed by atoms with Gasteiger partial charge in [-0.3, -0.25) is 19.4 Å². The van der Waals surface area contributed by atoms with Crippen molar-refractivity contribution in [2.75, 3.05) is 39.4 Å². The summed E-state index contributed by atoms with van der Waals surface area (Å²) in [6.07, 6.45) is 0.773. The van der Waals surface area contributed by atoms with E-state index in [-0.39, 0.29) is 11.8 Å². The van der Waals surface area contributed by atoms with Gasteiger partial charge in [-0.15, -0.1) is 11.8 Å². The highest BCUT2D eigenvalue weighted by atomic mass is 32.2. The molecule has 1 saturated heterocycles. The Bertz CT molecular complexity index is 950. The van der Waals surface area contributed by atoms with Crippen LogP contribution in [0.2, 0.25) is 0 Å². The summed E-state index contributed by atoms with van der Waals surface area (Å²) < 4.78 is 5.39. The third-order valence-corrected chi connectivity index (χ3v) is 6.80. The minimum absolute atomic E-state index is 0.163. The molecule has 2 aromatic rings. The number of ether oxygens (including phenoxy) is 1. The molecule has 1 fully saturated rings. The standard InChI is InChI=1S/C25H28N2O3S/c1-19-8-10-21(11-9-19)22-23(31-18-20-6-3-2-4-7-20)25(29)27(24(22)28)13-5-12-26-14-16-30-17-15-26/h2-4,6-11H,5,12-18H2,1H3. The third-order valence-electron chi connectivity index (χ3n) is 5.65. The molecule has 0 bridgehead atoms. The van der Waals surface area contributed by atoms with Crippen LogP contribution in [0.1, 0.15) is 23.1 Å². The summed E-state index contributed by atoms with van der Waals surface area (Å²) in [5.74, 6) is 0.321. The summed E-state index contributed by atoms with van der Waals surface area (Å²) in [5.41, 5.74) is 3.61. The van der Waals surface area contributed by atoms with Gasteiger partial charge in [0.2, 0.25) is 0 Å². The molecule has 0 atom stereocenters. The highest BCUT2D eigenvalue weighted by Gasteiger charge is 2.38. The van der Waals surface area contributed by atoms with Gasteiger partial charge in [-0.25, -0.2) is 0 Å². The average molecular weight is 437 g/mol. The Balaban J connectivity index is 1.50. The van der Waals surface area contributed by atoms with Gasteiger partial charge in [-0.1, -0.05) is 60.2 Å². The quantitative estimate of drug-likeness (QED) is 0.590. The van der Waals surface area contributed by atoms with Crippen LogP contribution in [-0.4, -0.2) is 61.0 Å². The molecule has 31 heavy (non-hydrogen) atoms. The molecule has 0 aliphatic carbocycles.